The van der Waals surface area contributed by atoms with Crippen LogP contribution in [0, 0.1) is 0 Å². The van der Waals surface area contributed by atoms with Crippen molar-refractivity contribution in [3.63, 3.8) is 0 Å². The minimum absolute atomic E-state index is 0.00549. The third-order valence-corrected chi connectivity index (χ3v) is 9.11. The first kappa shape index (κ1) is 32.0. The van der Waals surface area contributed by atoms with Gasteiger partial charge in [0, 0.05) is 20.1 Å². The molecule has 0 bridgehead atoms. The number of rotatable bonds is 15. The van der Waals surface area contributed by atoms with Crippen LogP contribution in [0.15, 0.2) is 71.6 Å². The predicted molar refractivity (Wildman–Crippen MR) is 159 cm³/mol. The van der Waals surface area contributed by atoms with Gasteiger partial charge in [0.2, 0.25) is 15.9 Å². The summed E-state index contributed by atoms with van der Waals surface area (Å²) in [4.78, 5) is 25.2. The van der Waals surface area contributed by atoms with Crippen LogP contribution in [0.4, 0.5) is 0 Å². The molecular formula is C31H36N2O9S. The fourth-order valence-corrected chi connectivity index (χ4v) is 6.47. The van der Waals surface area contributed by atoms with Crippen molar-refractivity contribution in [2.45, 2.75) is 36.4 Å². The first-order valence-electron chi connectivity index (χ1n) is 13.7. The average Bonchev–Trinajstić information content (AvgIpc) is 2.98. The zero-order valence-corrected chi connectivity index (χ0v) is 25.1. The molecule has 1 saturated heterocycles. The fourth-order valence-electron chi connectivity index (χ4n) is 4.82. The second-order valence-corrected chi connectivity index (χ2v) is 11.8. The van der Waals surface area contributed by atoms with Crippen LogP contribution in [0.3, 0.4) is 0 Å². The molecule has 3 aromatic carbocycles. The number of aliphatic carboxylic acids is 1. The Morgan fingerprint density at radius 1 is 0.953 bits per heavy atom. The zero-order chi connectivity index (χ0) is 31.0. The third-order valence-electron chi connectivity index (χ3n) is 7.19. The number of methoxy groups -OCH3 is 3. The van der Waals surface area contributed by atoms with E-state index in [9.17, 15) is 23.1 Å². The van der Waals surface area contributed by atoms with Gasteiger partial charge in [-0.2, -0.15) is 4.31 Å². The Bertz CT molecular complexity index is 1490. The molecule has 0 aromatic heterocycles. The highest BCUT2D eigenvalue weighted by atomic mass is 32.2. The van der Waals surface area contributed by atoms with Crippen LogP contribution in [0.2, 0.25) is 0 Å². The summed E-state index contributed by atoms with van der Waals surface area (Å²) in [6.45, 7) is 1.48. The van der Waals surface area contributed by atoms with E-state index < -0.39 is 34.0 Å². The van der Waals surface area contributed by atoms with Crippen molar-refractivity contribution < 1.29 is 42.1 Å². The Labute approximate surface area is 251 Å². The van der Waals surface area contributed by atoms with Gasteiger partial charge in [-0.15, -0.1) is 0 Å². The highest BCUT2D eigenvalue weighted by molar-refractivity contribution is 7.89. The summed E-state index contributed by atoms with van der Waals surface area (Å²) >= 11 is 0. The number of amides is 1. The highest BCUT2D eigenvalue weighted by Crippen LogP contribution is 2.40. The minimum atomic E-state index is -3.87. The van der Waals surface area contributed by atoms with Crippen LogP contribution < -0.4 is 14.8 Å². The van der Waals surface area contributed by atoms with Gasteiger partial charge in [-0.25, -0.2) is 13.2 Å². The van der Waals surface area contributed by atoms with Crippen LogP contribution >= 0.6 is 0 Å². The molecule has 3 aromatic rings. The Kier molecular flexibility index (Phi) is 10.8. The van der Waals surface area contributed by atoms with Crippen molar-refractivity contribution in [1.29, 1.82) is 0 Å². The molecule has 1 amide bonds. The number of hydrogen-bond acceptors (Lipinski definition) is 8. The number of sulfonamides is 1. The molecule has 1 heterocycles. The summed E-state index contributed by atoms with van der Waals surface area (Å²) in [5, 5.41) is 12.4. The summed E-state index contributed by atoms with van der Waals surface area (Å²) in [5.41, 5.74) is 3.05. The van der Waals surface area contributed by atoms with Gasteiger partial charge in [-0.1, -0.05) is 42.5 Å². The maximum atomic E-state index is 13.0. The normalized spacial score (nSPS) is 15.7. The Morgan fingerprint density at radius 3 is 2.14 bits per heavy atom. The van der Waals surface area contributed by atoms with Crippen LogP contribution in [0.25, 0.3) is 11.1 Å². The lowest BCUT2D eigenvalue weighted by atomic mass is 9.97. The molecule has 1 aliphatic heterocycles. The first-order valence-corrected chi connectivity index (χ1v) is 15.1. The number of hydrogen-bond donors (Lipinski definition) is 2. The first-order chi connectivity index (χ1) is 20.7. The van der Waals surface area contributed by atoms with Crippen molar-refractivity contribution in [3.05, 3.63) is 77.9 Å². The second kappa shape index (κ2) is 14.5. The van der Waals surface area contributed by atoms with Gasteiger partial charge in [0.1, 0.15) is 23.6 Å². The third kappa shape index (κ3) is 7.52. The maximum absolute atomic E-state index is 13.0. The lowest BCUT2D eigenvalue weighted by Gasteiger charge is -2.38. The molecule has 1 aliphatic rings. The predicted octanol–water partition coefficient (Wildman–Crippen LogP) is 3.11. The zero-order valence-electron chi connectivity index (χ0n) is 24.3. The molecule has 1 fully saturated rings. The SMILES string of the molecule is COCCOCc1cc(OC)c(-c2ccc(C[C@H](NC(=O)[C@@H]3CCN3S(=O)(=O)c3ccccc3)C(=O)O)cc2)c(OC)c1. The van der Waals surface area contributed by atoms with E-state index in [1.165, 1.54) is 12.1 Å². The summed E-state index contributed by atoms with van der Waals surface area (Å²) < 4.78 is 49.0. The summed E-state index contributed by atoms with van der Waals surface area (Å²) in [5.74, 6) is -0.691. The molecule has 0 radical (unpaired) electrons. The lowest BCUT2D eigenvalue weighted by molar-refractivity contribution is -0.143. The number of ether oxygens (including phenoxy) is 4. The van der Waals surface area contributed by atoms with Gasteiger partial charge < -0.3 is 29.4 Å². The van der Waals surface area contributed by atoms with E-state index >= 15 is 0 Å². The van der Waals surface area contributed by atoms with E-state index in [1.807, 2.05) is 24.3 Å². The number of carbonyl (C=O) groups is 2. The van der Waals surface area contributed by atoms with Crippen LogP contribution in [0.5, 0.6) is 11.5 Å². The average molecular weight is 613 g/mol. The molecule has 2 atom stereocenters. The highest BCUT2D eigenvalue weighted by Gasteiger charge is 2.43. The summed E-state index contributed by atoms with van der Waals surface area (Å²) in [6, 6.07) is 16.6. The van der Waals surface area contributed by atoms with E-state index in [4.69, 9.17) is 18.9 Å². The molecule has 4 rings (SSSR count). The van der Waals surface area contributed by atoms with Gasteiger partial charge in [0.15, 0.2) is 0 Å². The van der Waals surface area contributed by atoms with Gasteiger partial charge >= 0.3 is 5.97 Å². The van der Waals surface area contributed by atoms with E-state index in [2.05, 4.69) is 5.32 Å². The maximum Gasteiger partial charge on any atom is 0.326 e. The standard InChI is InChI=1S/C31H36N2O9S/c1-39-15-16-42-20-22-18-27(40-2)29(28(19-22)41-3)23-11-9-21(10-12-23)17-25(31(35)36)32-30(34)26-13-14-33(26)43(37,38)24-7-5-4-6-8-24/h4-12,18-19,25-26H,13-17,20H2,1-3H3,(H,32,34)(H,35,36)/t25-,26-/m0/s1. The Hall–Kier alpha value is -3.97. The molecule has 43 heavy (non-hydrogen) atoms. The van der Waals surface area contributed by atoms with Crippen molar-refractivity contribution >= 4 is 21.9 Å². The van der Waals surface area contributed by atoms with Gasteiger partial charge in [0.25, 0.3) is 0 Å². The van der Waals surface area contributed by atoms with Gasteiger partial charge in [-0.3, -0.25) is 4.79 Å². The topological polar surface area (TPSA) is 141 Å². The van der Waals surface area contributed by atoms with Crippen molar-refractivity contribution in [2.24, 2.45) is 0 Å². The van der Waals surface area contributed by atoms with Crippen LogP contribution in [-0.4, -0.2) is 82.9 Å². The molecule has 0 unspecified atom stereocenters. The van der Waals surface area contributed by atoms with Crippen LogP contribution in [0.1, 0.15) is 17.5 Å². The largest absolute Gasteiger partial charge is 0.496 e. The monoisotopic (exact) mass is 612 g/mol. The van der Waals surface area contributed by atoms with Gasteiger partial charge in [-0.05, 0) is 47.4 Å². The van der Waals surface area contributed by atoms with E-state index in [0.717, 1.165) is 21.0 Å². The van der Waals surface area contributed by atoms with E-state index in [1.54, 1.807) is 51.7 Å². The molecule has 2 N–H and O–H groups in total. The molecule has 0 saturated carbocycles. The summed E-state index contributed by atoms with van der Waals surface area (Å²) in [7, 11) is 0.870. The number of nitrogens with zero attached hydrogens (tertiary/aromatic N) is 1. The summed E-state index contributed by atoms with van der Waals surface area (Å²) in [6.07, 6.45) is 0.312. The molecule has 12 heteroatoms. The lowest BCUT2D eigenvalue weighted by Crippen LogP contribution is -2.60. The smallest absolute Gasteiger partial charge is 0.326 e. The fraction of sp³-hybridized carbons (Fsp3) is 0.355. The minimum Gasteiger partial charge on any atom is -0.496 e. The molecular weight excluding hydrogens is 576 g/mol. The second-order valence-electron chi connectivity index (χ2n) is 9.95. The van der Waals surface area contributed by atoms with Crippen LogP contribution in [-0.2, 0) is 42.1 Å². The molecule has 0 aliphatic carbocycles. The Morgan fingerprint density at radius 2 is 1.60 bits per heavy atom. The number of carbonyl (C=O) groups excluding carboxylic acids is 1. The van der Waals surface area contributed by atoms with Gasteiger partial charge in [0.05, 0.1) is 44.5 Å². The van der Waals surface area contributed by atoms with E-state index in [-0.39, 0.29) is 17.9 Å². The number of carboxylic acid groups (broad SMARTS) is 1. The Balaban J connectivity index is 1.46. The van der Waals surface area contributed by atoms with E-state index in [0.29, 0.717) is 43.3 Å². The number of carboxylic acids is 1. The molecule has 0 spiro atoms. The van der Waals surface area contributed by atoms with Crippen molar-refractivity contribution in [2.75, 3.05) is 41.1 Å². The van der Waals surface area contributed by atoms with Crippen molar-refractivity contribution in [3.8, 4) is 22.6 Å². The number of nitrogens with one attached hydrogen (secondary N) is 1. The van der Waals surface area contributed by atoms with Crippen molar-refractivity contribution in [1.82, 2.24) is 9.62 Å². The quantitative estimate of drug-likeness (QED) is 0.248. The molecule has 11 nitrogen and oxygen atoms in total. The number of benzene rings is 3. The molecule has 230 valence electrons.